The zero-order valence-electron chi connectivity index (χ0n) is 8.90. The Morgan fingerprint density at radius 1 is 1.43 bits per heavy atom. The van der Waals surface area contributed by atoms with Crippen LogP contribution in [-0.2, 0) is 0 Å². The Bertz CT molecular complexity index is 283. The Labute approximate surface area is 85.8 Å². The molecule has 0 aromatic heterocycles. The monoisotopic (exact) mass is 193 g/mol. The molecule has 78 valence electrons. The van der Waals surface area contributed by atoms with Gasteiger partial charge in [0.15, 0.2) is 0 Å². The number of aliphatic hydroxyl groups is 1. The molecule has 0 aliphatic rings. The first-order valence-corrected chi connectivity index (χ1v) is 5.08. The zero-order chi connectivity index (χ0) is 10.6. The predicted molar refractivity (Wildman–Crippen MR) is 59.3 cm³/mol. The largest absolute Gasteiger partial charge is 0.393 e. The summed E-state index contributed by atoms with van der Waals surface area (Å²) in [6.07, 6.45) is 0.448. The zero-order valence-corrected chi connectivity index (χ0v) is 8.90. The van der Waals surface area contributed by atoms with Crippen molar-refractivity contribution >= 4 is 0 Å². The Kier molecular flexibility index (Phi) is 4.11. The molecule has 2 nitrogen and oxygen atoms in total. The van der Waals surface area contributed by atoms with Crippen molar-refractivity contribution in [2.45, 2.75) is 32.3 Å². The summed E-state index contributed by atoms with van der Waals surface area (Å²) in [5.41, 5.74) is 8.16. The first kappa shape index (κ1) is 11.2. The lowest BCUT2D eigenvalue weighted by molar-refractivity contribution is 0.175. The maximum absolute atomic E-state index is 9.33. The highest BCUT2D eigenvalue weighted by molar-refractivity contribution is 5.25. The molecule has 0 aliphatic carbocycles. The molecule has 1 aromatic carbocycles. The second-order valence-electron chi connectivity index (χ2n) is 3.93. The lowest BCUT2D eigenvalue weighted by Crippen LogP contribution is -2.17. The molecule has 0 bridgehead atoms. The van der Waals surface area contributed by atoms with Crippen LogP contribution in [-0.4, -0.2) is 17.8 Å². The van der Waals surface area contributed by atoms with Crippen molar-refractivity contribution < 1.29 is 5.11 Å². The summed E-state index contributed by atoms with van der Waals surface area (Å²) in [6, 6.07) is 8.32. The van der Waals surface area contributed by atoms with Gasteiger partial charge in [-0.05, 0) is 38.3 Å². The standard InChI is InChI=1S/C12H19NO/c1-9-4-3-5-11(6-9)12(8-13)7-10(2)14/h3-6,10,12,14H,7-8,13H2,1-2H3. The van der Waals surface area contributed by atoms with Gasteiger partial charge in [0.25, 0.3) is 0 Å². The molecule has 0 heterocycles. The molecule has 0 radical (unpaired) electrons. The van der Waals surface area contributed by atoms with Gasteiger partial charge in [0, 0.05) is 0 Å². The van der Waals surface area contributed by atoms with Crippen LogP contribution in [0.4, 0.5) is 0 Å². The second-order valence-corrected chi connectivity index (χ2v) is 3.93. The number of hydrogen-bond donors (Lipinski definition) is 2. The lowest BCUT2D eigenvalue weighted by Gasteiger charge is -2.17. The van der Waals surface area contributed by atoms with Crippen LogP contribution in [0.15, 0.2) is 24.3 Å². The summed E-state index contributed by atoms with van der Waals surface area (Å²) in [6.45, 7) is 4.46. The van der Waals surface area contributed by atoms with Gasteiger partial charge in [0.05, 0.1) is 6.10 Å². The van der Waals surface area contributed by atoms with Crippen molar-refractivity contribution in [2.75, 3.05) is 6.54 Å². The molecular weight excluding hydrogens is 174 g/mol. The van der Waals surface area contributed by atoms with E-state index in [2.05, 4.69) is 25.1 Å². The molecule has 0 saturated heterocycles. The molecule has 2 atom stereocenters. The van der Waals surface area contributed by atoms with Crippen LogP contribution in [0.25, 0.3) is 0 Å². The predicted octanol–water partition coefficient (Wildman–Crippen LogP) is 1.81. The summed E-state index contributed by atoms with van der Waals surface area (Å²) in [5.74, 6) is 0.273. The normalized spacial score (nSPS) is 15.1. The number of aryl methyl sites for hydroxylation is 1. The van der Waals surface area contributed by atoms with Crippen LogP contribution in [0.3, 0.4) is 0 Å². The molecular formula is C12H19NO. The molecule has 14 heavy (non-hydrogen) atoms. The first-order chi connectivity index (χ1) is 6.63. The third-order valence-electron chi connectivity index (χ3n) is 2.42. The Balaban J connectivity index is 2.78. The summed E-state index contributed by atoms with van der Waals surface area (Å²) >= 11 is 0. The smallest absolute Gasteiger partial charge is 0.0518 e. The number of nitrogens with two attached hydrogens (primary N) is 1. The van der Waals surface area contributed by atoms with E-state index in [1.165, 1.54) is 11.1 Å². The van der Waals surface area contributed by atoms with E-state index >= 15 is 0 Å². The van der Waals surface area contributed by atoms with E-state index in [1.54, 1.807) is 6.92 Å². The third-order valence-corrected chi connectivity index (χ3v) is 2.42. The molecule has 1 aromatic rings. The topological polar surface area (TPSA) is 46.2 Å². The van der Waals surface area contributed by atoms with Crippen LogP contribution in [0.5, 0.6) is 0 Å². The van der Waals surface area contributed by atoms with Crippen molar-refractivity contribution in [1.82, 2.24) is 0 Å². The third kappa shape index (κ3) is 3.13. The van der Waals surface area contributed by atoms with Gasteiger partial charge in [-0.3, -0.25) is 0 Å². The second kappa shape index (κ2) is 5.13. The van der Waals surface area contributed by atoms with E-state index in [-0.39, 0.29) is 12.0 Å². The fourth-order valence-corrected chi connectivity index (χ4v) is 1.70. The molecule has 1 rings (SSSR count). The highest BCUT2D eigenvalue weighted by Gasteiger charge is 2.12. The fraction of sp³-hybridized carbons (Fsp3) is 0.500. The fourth-order valence-electron chi connectivity index (χ4n) is 1.70. The average Bonchev–Trinajstić information content (AvgIpc) is 2.14. The van der Waals surface area contributed by atoms with E-state index in [4.69, 9.17) is 5.73 Å². The number of rotatable bonds is 4. The SMILES string of the molecule is Cc1cccc(C(CN)CC(C)O)c1. The number of aliphatic hydroxyl groups excluding tert-OH is 1. The molecule has 2 unspecified atom stereocenters. The number of benzene rings is 1. The summed E-state index contributed by atoms with van der Waals surface area (Å²) in [7, 11) is 0. The van der Waals surface area contributed by atoms with Crippen LogP contribution >= 0.6 is 0 Å². The van der Waals surface area contributed by atoms with Crippen LogP contribution < -0.4 is 5.73 Å². The van der Waals surface area contributed by atoms with Crippen molar-refractivity contribution in [3.05, 3.63) is 35.4 Å². The first-order valence-electron chi connectivity index (χ1n) is 5.08. The van der Waals surface area contributed by atoms with Crippen molar-refractivity contribution in [3.63, 3.8) is 0 Å². The van der Waals surface area contributed by atoms with E-state index in [9.17, 15) is 5.11 Å². The van der Waals surface area contributed by atoms with Crippen molar-refractivity contribution in [3.8, 4) is 0 Å². The van der Waals surface area contributed by atoms with Gasteiger partial charge < -0.3 is 10.8 Å². The summed E-state index contributed by atoms with van der Waals surface area (Å²) < 4.78 is 0. The minimum absolute atomic E-state index is 0.273. The maximum Gasteiger partial charge on any atom is 0.0518 e. The minimum atomic E-state index is -0.288. The van der Waals surface area contributed by atoms with E-state index in [1.807, 2.05) is 6.07 Å². The molecule has 0 fully saturated rings. The lowest BCUT2D eigenvalue weighted by atomic mass is 9.93. The van der Waals surface area contributed by atoms with Gasteiger partial charge in [-0.15, -0.1) is 0 Å². The molecule has 2 heteroatoms. The van der Waals surface area contributed by atoms with Gasteiger partial charge in [-0.1, -0.05) is 29.8 Å². The van der Waals surface area contributed by atoms with Crippen molar-refractivity contribution in [2.24, 2.45) is 5.73 Å². The van der Waals surface area contributed by atoms with Crippen LogP contribution in [0.2, 0.25) is 0 Å². The summed E-state index contributed by atoms with van der Waals surface area (Å²) in [4.78, 5) is 0. The van der Waals surface area contributed by atoms with Gasteiger partial charge in [0.1, 0.15) is 0 Å². The van der Waals surface area contributed by atoms with Crippen molar-refractivity contribution in [1.29, 1.82) is 0 Å². The molecule has 0 amide bonds. The van der Waals surface area contributed by atoms with Gasteiger partial charge >= 0.3 is 0 Å². The van der Waals surface area contributed by atoms with E-state index < -0.39 is 0 Å². The molecule has 0 spiro atoms. The van der Waals surface area contributed by atoms with Gasteiger partial charge in [0.2, 0.25) is 0 Å². The van der Waals surface area contributed by atoms with Crippen LogP contribution in [0.1, 0.15) is 30.4 Å². The summed E-state index contributed by atoms with van der Waals surface area (Å²) in [5, 5.41) is 9.33. The Hall–Kier alpha value is -0.860. The van der Waals surface area contributed by atoms with E-state index in [0.717, 1.165) is 6.42 Å². The minimum Gasteiger partial charge on any atom is -0.393 e. The highest BCUT2D eigenvalue weighted by atomic mass is 16.3. The quantitative estimate of drug-likeness (QED) is 0.766. The van der Waals surface area contributed by atoms with Gasteiger partial charge in [-0.25, -0.2) is 0 Å². The number of hydrogen-bond acceptors (Lipinski definition) is 2. The average molecular weight is 193 g/mol. The maximum atomic E-state index is 9.33. The molecule has 0 saturated carbocycles. The Morgan fingerprint density at radius 3 is 2.64 bits per heavy atom. The van der Waals surface area contributed by atoms with Gasteiger partial charge in [-0.2, -0.15) is 0 Å². The van der Waals surface area contributed by atoms with E-state index in [0.29, 0.717) is 6.54 Å². The Morgan fingerprint density at radius 2 is 2.14 bits per heavy atom. The molecule has 0 aliphatic heterocycles. The van der Waals surface area contributed by atoms with Crippen LogP contribution in [0, 0.1) is 6.92 Å². The highest BCUT2D eigenvalue weighted by Crippen LogP contribution is 2.20. The molecule has 3 N–H and O–H groups in total.